The first-order valence-corrected chi connectivity index (χ1v) is 9.77. The predicted molar refractivity (Wildman–Crippen MR) is 106 cm³/mol. The van der Waals surface area contributed by atoms with Crippen molar-refractivity contribution in [3.63, 3.8) is 0 Å². The van der Waals surface area contributed by atoms with Crippen LogP contribution in [0.4, 0.5) is 4.79 Å². The minimum atomic E-state index is -0.202. The summed E-state index contributed by atoms with van der Waals surface area (Å²) in [5, 5.41) is 4.79. The largest absolute Gasteiger partial charge is 0.338 e. The molecule has 5 nitrogen and oxygen atoms in total. The molecule has 140 valence electrons. The van der Waals surface area contributed by atoms with E-state index in [4.69, 9.17) is 0 Å². The van der Waals surface area contributed by atoms with Gasteiger partial charge in [0.25, 0.3) is 0 Å². The van der Waals surface area contributed by atoms with Gasteiger partial charge in [-0.15, -0.1) is 11.3 Å². The molecule has 0 aliphatic heterocycles. The van der Waals surface area contributed by atoms with Gasteiger partial charge in [-0.25, -0.2) is 4.79 Å². The van der Waals surface area contributed by atoms with Crippen molar-refractivity contribution in [1.29, 1.82) is 0 Å². The fraction of sp³-hybridized carbons (Fsp3) is 0.400. The van der Waals surface area contributed by atoms with E-state index in [2.05, 4.69) is 5.32 Å². The molecule has 1 aromatic carbocycles. The summed E-state index contributed by atoms with van der Waals surface area (Å²) >= 11 is 1.63. The van der Waals surface area contributed by atoms with E-state index in [0.29, 0.717) is 19.6 Å². The van der Waals surface area contributed by atoms with Gasteiger partial charge in [0.15, 0.2) is 0 Å². The Morgan fingerprint density at radius 3 is 2.38 bits per heavy atom. The molecule has 0 atom stereocenters. The Labute approximate surface area is 159 Å². The van der Waals surface area contributed by atoms with Crippen molar-refractivity contribution < 1.29 is 9.59 Å². The van der Waals surface area contributed by atoms with Crippen LogP contribution in [0.15, 0.2) is 47.8 Å². The highest BCUT2D eigenvalue weighted by Gasteiger charge is 2.23. The van der Waals surface area contributed by atoms with Gasteiger partial charge in [0, 0.05) is 24.0 Å². The number of benzene rings is 1. The SMILES string of the molecule is CCNC(=O)N(CC(=O)N(Cc1ccccc1)Cc1cccs1)C(C)C. The number of hydrogen-bond acceptors (Lipinski definition) is 3. The van der Waals surface area contributed by atoms with Crippen LogP contribution in [0, 0.1) is 0 Å². The predicted octanol–water partition coefficient (Wildman–Crippen LogP) is 3.72. The van der Waals surface area contributed by atoms with Crippen molar-refractivity contribution in [2.24, 2.45) is 0 Å². The lowest BCUT2D eigenvalue weighted by atomic mass is 10.2. The first-order valence-electron chi connectivity index (χ1n) is 8.89. The smallest absolute Gasteiger partial charge is 0.318 e. The average molecular weight is 374 g/mol. The molecule has 0 aliphatic rings. The first kappa shape index (κ1) is 20.0. The van der Waals surface area contributed by atoms with Crippen LogP contribution in [0.3, 0.4) is 0 Å². The van der Waals surface area contributed by atoms with Gasteiger partial charge in [-0.1, -0.05) is 36.4 Å². The Kier molecular flexibility index (Phi) is 7.66. The Morgan fingerprint density at radius 1 is 1.08 bits per heavy atom. The highest BCUT2D eigenvalue weighted by atomic mass is 32.1. The summed E-state index contributed by atoms with van der Waals surface area (Å²) in [6, 6.07) is 13.7. The summed E-state index contributed by atoms with van der Waals surface area (Å²) in [6.45, 7) is 7.40. The molecule has 1 aromatic heterocycles. The van der Waals surface area contributed by atoms with Crippen LogP contribution in [0.1, 0.15) is 31.2 Å². The van der Waals surface area contributed by atoms with Crippen molar-refractivity contribution >= 4 is 23.3 Å². The lowest BCUT2D eigenvalue weighted by Gasteiger charge is -2.30. The van der Waals surface area contributed by atoms with Crippen molar-refractivity contribution in [3.8, 4) is 0 Å². The number of urea groups is 1. The number of carbonyl (C=O) groups excluding carboxylic acids is 2. The highest BCUT2D eigenvalue weighted by Crippen LogP contribution is 2.15. The zero-order valence-electron chi connectivity index (χ0n) is 15.6. The monoisotopic (exact) mass is 373 g/mol. The van der Waals surface area contributed by atoms with Crippen molar-refractivity contribution in [2.75, 3.05) is 13.1 Å². The summed E-state index contributed by atoms with van der Waals surface area (Å²) in [7, 11) is 0. The van der Waals surface area contributed by atoms with E-state index in [1.807, 2.05) is 73.5 Å². The molecule has 0 fully saturated rings. The van der Waals surface area contributed by atoms with Gasteiger partial charge in [0.1, 0.15) is 6.54 Å². The van der Waals surface area contributed by atoms with Crippen LogP contribution in [-0.4, -0.2) is 40.9 Å². The Hall–Kier alpha value is -2.34. The van der Waals surface area contributed by atoms with Gasteiger partial charge < -0.3 is 15.1 Å². The van der Waals surface area contributed by atoms with E-state index in [0.717, 1.165) is 10.4 Å². The third-order valence-electron chi connectivity index (χ3n) is 4.01. The summed E-state index contributed by atoms with van der Waals surface area (Å²) in [4.78, 5) is 29.8. The Balaban J connectivity index is 2.14. The molecule has 0 saturated carbocycles. The quantitative estimate of drug-likeness (QED) is 0.767. The van der Waals surface area contributed by atoms with Gasteiger partial charge >= 0.3 is 6.03 Å². The van der Waals surface area contributed by atoms with Crippen molar-refractivity contribution in [1.82, 2.24) is 15.1 Å². The Bertz CT molecular complexity index is 686. The highest BCUT2D eigenvalue weighted by molar-refractivity contribution is 7.09. The number of thiophene rings is 1. The zero-order valence-corrected chi connectivity index (χ0v) is 16.5. The molecule has 2 rings (SSSR count). The summed E-state index contributed by atoms with van der Waals surface area (Å²) < 4.78 is 0. The summed E-state index contributed by atoms with van der Waals surface area (Å²) in [5.74, 6) is -0.0535. The van der Waals surface area contributed by atoms with Crippen LogP contribution < -0.4 is 5.32 Å². The van der Waals surface area contributed by atoms with Crippen LogP contribution in [0.25, 0.3) is 0 Å². The topological polar surface area (TPSA) is 52.7 Å². The van der Waals surface area contributed by atoms with E-state index >= 15 is 0 Å². The molecule has 2 aromatic rings. The second kappa shape index (κ2) is 9.97. The van der Waals surface area contributed by atoms with E-state index in [-0.39, 0.29) is 24.5 Å². The van der Waals surface area contributed by atoms with Crippen LogP contribution in [0.5, 0.6) is 0 Å². The minimum absolute atomic E-state index is 0.0502. The zero-order chi connectivity index (χ0) is 18.9. The Morgan fingerprint density at radius 2 is 1.81 bits per heavy atom. The van der Waals surface area contributed by atoms with Crippen LogP contribution in [0.2, 0.25) is 0 Å². The second-order valence-electron chi connectivity index (χ2n) is 6.37. The molecule has 0 aliphatic carbocycles. The molecular formula is C20H27N3O2S. The molecule has 1 heterocycles. The molecule has 3 amide bonds. The lowest BCUT2D eigenvalue weighted by molar-refractivity contribution is -0.133. The number of rotatable bonds is 8. The number of nitrogens with zero attached hydrogens (tertiary/aromatic N) is 2. The van der Waals surface area contributed by atoms with Gasteiger partial charge in [0.2, 0.25) is 5.91 Å². The minimum Gasteiger partial charge on any atom is -0.338 e. The average Bonchev–Trinajstić information content (AvgIpc) is 3.12. The molecule has 6 heteroatoms. The maximum Gasteiger partial charge on any atom is 0.318 e. The molecule has 1 N–H and O–H groups in total. The van der Waals surface area contributed by atoms with E-state index in [1.165, 1.54) is 0 Å². The maximum atomic E-state index is 13.0. The fourth-order valence-corrected chi connectivity index (χ4v) is 3.33. The molecule has 0 bridgehead atoms. The number of carbonyl (C=O) groups is 2. The third-order valence-corrected chi connectivity index (χ3v) is 4.87. The van der Waals surface area contributed by atoms with Gasteiger partial charge in [-0.05, 0) is 37.8 Å². The molecular weight excluding hydrogens is 346 g/mol. The van der Waals surface area contributed by atoms with Crippen LogP contribution >= 0.6 is 11.3 Å². The molecule has 0 radical (unpaired) electrons. The van der Waals surface area contributed by atoms with E-state index in [1.54, 1.807) is 16.2 Å². The number of amides is 3. The third kappa shape index (κ3) is 5.88. The molecule has 0 unspecified atom stereocenters. The normalized spacial score (nSPS) is 10.6. The second-order valence-corrected chi connectivity index (χ2v) is 7.40. The molecule has 26 heavy (non-hydrogen) atoms. The van der Waals surface area contributed by atoms with Gasteiger partial charge in [0.05, 0.1) is 6.54 Å². The van der Waals surface area contributed by atoms with E-state index < -0.39 is 0 Å². The van der Waals surface area contributed by atoms with Gasteiger partial charge in [-0.3, -0.25) is 4.79 Å². The molecule has 0 saturated heterocycles. The van der Waals surface area contributed by atoms with Crippen LogP contribution in [-0.2, 0) is 17.9 Å². The molecule has 0 spiro atoms. The summed E-state index contributed by atoms with van der Waals surface area (Å²) in [6.07, 6.45) is 0. The standard InChI is InChI=1S/C20H27N3O2S/c1-4-21-20(25)23(16(2)3)15-19(24)22(14-18-11-8-12-26-18)13-17-9-6-5-7-10-17/h5-12,16H,4,13-15H2,1-3H3,(H,21,25). The number of nitrogens with one attached hydrogen (secondary N) is 1. The fourth-order valence-electron chi connectivity index (χ4n) is 2.61. The maximum absolute atomic E-state index is 13.0. The van der Waals surface area contributed by atoms with Crippen molar-refractivity contribution in [2.45, 2.75) is 39.9 Å². The van der Waals surface area contributed by atoms with E-state index in [9.17, 15) is 9.59 Å². The lowest BCUT2D eigenvalue weighted by Crippen LogP contribution is -2.49. The summed E-state index contributed by atoms with van der Waals surface area (Å²) in [5.41, 5.74) is 1.08. The first-order chi connectivity index (χ1) is 12.5. The van der Waals surface area contributed by atoms with Crippen molar-refractivity contribution in [3.05, 3.63) is 58.3 Å². The van der Waals surface area contributed by atoms with Gasteiger partial charge in [-0.2, -0.15) is 0 Å². The number of hydrogen-bond donors (Lipinski definition) is 1.